The number of pyridine rings is 1. The minimum absolute atomic E-state index is 0.397. The zero-order valence-corrected chi connectivity index (χ0v) is 12.4. The number of aryl methyl sites for hydroxylation is 1. The number of nitrogens with zero attached hydrogens (tertiary/aromatic N) is 1. The van der Waals surface area contributed by atoms with Crippen molar-refractivity contribution in [1.82, 2.24) is 10.3 Å². The maximum Gasteiger partial charge on any atom is 0.142 e. The van der Waals surface area contributed by atoms with Gasteiger partial charge in [-0.15, -0.1) is 0 Å². The second kappa shape index (κ2) is 6.90. The van der Waals surface area contributed by atoms with Crippen LogP contribution in [-0.4, -0.2) is 17.6 Å². The van der Waals surface area contributed by atoms with E-state index >= 15 is 0 Å². The van der Waals surface area contributed by atoms with Crippen LogP contribution in [0.15, 0.2) is 12.1 Å². The molecule has 0 aliphatic heterocycles. The number of ether oxygens (including phenoxy) is 1. The van der Waals surface area contributed by atoms with Crippen molar-refractivity contribution < 1.29 is 4.74 Å². The van der Waals surface area contributed by atoms with Crippen LogP contribution in [0.5, 0.6) is 5.75 Å². The van der Waals surface area contributed by atoms with Crippen LogP contribution in [0.3, 0.4) is 0 Å². The Hall–Kier alpha value is -1.09. The fourth-order valence-electron chi connectivity index (χ4n) is 2.50. The van der Waals surface area contributed by atoms with Gasteiger partial charge in [0.1, 0.15) is 5.75 Å². The molecule has 3 nitrogen and oxygen atoms in total. The van der Waals surface area contributed by atoms with E-state index in [1.165, 1.54) is 25.7 Å². The van der Waals surface area contributed by atoms with Crippen molar-refractivity contribution in [2.75, 3.05) is 6.54 Å². The van der Waals surface area contributed by atoms with Crippen LogP contribution < -0.4 is 10.1 Å². The molecule has 0 spiro atoms. The highest BCUT2D eigenvalue weighted by Crippen LogP contribution is 2.26. The first-order chi connectivity index (χ1) is 9.15. The highest BCUT2D eigenvalue weighted by atomic mass is 16.5. The van der Waals surface area contributed by atoms with Gasteiger partial charge < -0.3 is 10.1 Å². The van der Waals surface area contributed by atoms with E-state index in [1.54, 1.807) is 0 Å². The normalized spacial score (nSPS) is 16.2. The molecule has 1 saturated carbocycles. The summed E-state index contributed by atoms with van der Waals surface area (Å²) in [4.78, 5) is 4.62. The Bertz CT molecular complexity index is 398. The van der Waals surface area contributed by atoms with E-state index in [9.17, 15) is 0 Å². The largest absolute Gasteiger partial charge is 0.488 e. The summed E-state index contributed by atoms with van der Waals surface area (Å²) < 4.78 is 6.12. The summed E-state index contributed by atoms with van der Waals surface area (Å²) in [6.07, 6.45) is 5.36. The van der Waals surface area contributed by atoms with Gasteiger partial charge in [0.15, 0.2) is 0 Å². The Morgan fingerprint density at radius 2 is 2.05 bits per heavy atom. The van der Waals surface area contributed by atoms with E-state index in [-0.39, 0.29) is 0 Å². The first kappa shape index (κ1) is 14.3. The smallest absolute Gasteiger partial charge is 0.142 e. The third-order valence-electron chi connectivity index (χ3n) is 3.51. The lowest BCUT2D eigenvalue weighted by atomic mass is 10.2. The second-order valence-electron chi connectivity index (χ2n) is 5.95. The molecular weight excluding hydrogens is 236 g/mol. The fraction of sp³-hybridized carbons (Fsp3) is 0.688. The number of rotatable bonds is 6. The molecule has 0 saturated heterocycles. The second-order valence-corrected chi connectivity index (χ2v) is 5.95. The summed E-state index contributed by atoms with van der Waals surface area (Å²) in [5.74, 6) is 1.62. The van der Waals surface area contributed by atoms with Crippen molar-refractivity contribution in [3.8, 4) is 5.75 Å². The molecule has 1 aliphatic rings. The predicted molar refractivity (Wildman–Crippen MR) is 78.4 cm³/mol. The van der Waals surface area contributed by atoms with E-state index in [0.29, 0.717) is 12.0 Å². The van der Waals surface area contributed by atoms with Crippen molar-refractivity contribution >= 4 is 0 Å². The number of hydrogen-bond acceptors (Lipinski definition) is 3. The molecule has 0 amide bonds. The van der Waals surface area contributed by atoms with Gasteiger partial charge in [-0.3, -0.25) is 4.98 Å². The third-order valence-corrected chi connectivity index (χ3v) is 3.51. The Labute approximate surface area is 116 Å². The lowest BCUT2D eigenvalue weighted by molar-refractivity contribution is 0.206. The van der Waals surface area contributed by atoms with Gasteiger partial charge in [0.25, 0.3) is 0 Å². The Kier molecular flexibility index (Phi) is 5.20. The van der Waals surface area contributed by atoms with Crippen LogP contribution in [0.25, 0.3) is 0 Å². The van der Waals surface area contributed by atoms with Crippen LogP contribution in [0.4, 0.5) is 0 Å². The number of aromatic nitrogens is 1. The van der Waals surface area contributed by atoms with E-state index in [4.69, 9.17) is 4.74 Å². The highest BCUT2D eigenvalue weighted by molar-refractivity contribution is 5.29. The average molecular weight is 262 g/mol. The van der Waals surface area contributed by atoms with Crippen LogP contribution in [0.2, 0.25) is 0 Å². The molecule has 1 N–H and O–H groups in total. The lowest BCUT2D eigenvalue weighted by Gasteiger charge is -2.17. The molecule has 1 aliphatic carbocycles. The monoisotopic (exact) mass is 262 g/mol. The van der Waals surface area contributed by atoms with Crippen molar-refractivity contribution in [3.05, 3.63) is 23.5 Å². The molecule has 1 heterocycles. The number of nitrogens with one attached hydrogen (secondary N) is 1. The molecule has 1 aromatic rings. The van der Waals surface area contributed by atoms with Crippen molar-refractivity contribution in [1.29, 1.82) is 0 Å². The summed E-state index contributed by atoms with van der Waals surface area (Å²) in [6, 6.07) is 4.11. The summed E-state index contributed by atoms with van der Waals surface area (Å²) in [6.45, 7) is 8.27. The molecule has 0 aromatic carbocycles. The van der Waals surface area contributed by atoms with Crippen LogP contribution >= 0.6 is 0 Å². The van der Waals surface area contributed by atoms with Gasteiger partial charge >= 0.3 is 0 Å². The van der Waals surface area contributed by atoms with Gasteiger partial charge in [-0.2, -0.15) is 0 Å². The Balaban J connectivity index is 1.99. The lowest BCUT2D eigenvalue weighted by Crippen LogP contribution is -2.21. The van der Waals surface area contributed by atoms with Gasteiger partial charge in [-0.05, 0) is 57.2 Å². The first-order valence-corrected chi connectivity index (χ1v) is 7.49. The highest BCUT2D eigenvalue weighted by Gasteiger charge is 2.18. The molecule has 19 heavy (non-hydrogen) atoms. The topological polar surface area (TPSA) is 34.1 Å². The molecular formula is C16H26N2O. The first-order valence-electron chi connectivity index (χ1n) is 7.49. The number of hydrogen-bond donors (Lipinski definition) is 1. The van der Waals surface area contributed by atoms with Gasteiger partial charge in [0.2, 0.25) is 0 Å². The average Bonchev–Trinajstić information content (AvgIpc) is 2.85. The van der Waals surface area contributed by atoms with Gasteiger partial charge in [-0.1, -0.05) is 13.8 Å². The molecule has 0 unspecified atom stereocenters. The maximum absolute atomic E-state index is 6.12. The van der Waals surface area contributed by atoms with E-state index < -0.39 is 0 Å². The molecule has 106 valence electrons. The molecule has 3 heteroatoms. The summed E-state index contributed by atoms with van der Waals surface area (Å²) in [7, 11) is 0. The predicted octanol–water partition coefficient (Wildman–Crippen LogP) is 3.46. The molecule has 1 fully saturated rings. The molecule has 0 radical (unpaired) electrons. The minimum atomic E-state index is 0.397. The zero-order chi connectivity index (χ0) is 13.7. The Morgan fingerprint density at radius 1 is 1.32 bits per heavy atom. The summed E-state index contributed by atoms with van der Waals surface area (Å²) in [5.41, 5.74) is 2.10. The van der Waals surface area contributed by atoms with Crippen LogP contribution in [0, 0.1) is 12.8 Å². The van der Waals surface area contributed by atoms with E-state index in [1.807, 2.05) is 13.0 Å². The summed E-state index contributed by atoms with van der Waals surface area (Å²) >= 11 is 0. The maximum atomic E-state index is 6.12. The molecule has 0 atom stereocenters. The summed E-state index contributed by atoms with van der Waals surface area (Å²) in [5, 5.41) is 3.45. The Morgan fingerprint density at radius 3 is 2.74 bits per heavy atom. The zero-order valence-electron chi connectivity index (χ0n) is 12.4. The fourth-order valence-corrected chi connectivity index (χ4v) is 2.50. The van der Waals surface area contributed by atoms with E-state index in [0.717, 1.165) is 30.2 Å². The van der Waals surface area contributed by atoms with Crippen molar-refractivity contribution in [2.45, 2.75) is 59.1 Å². The minimum Gasteiger partial charge on any atom is -0.488 e. The SMILES string of the molecule is Cc1ccc(OC2CCCC2)c(CNCC(C)C)n1. The van der Waals surface area contributed by atoms with Crippen LogP contribution in [0.1, 0.15) is 50.9 Å². The van der Waals surface area contributed by atoms with Crippen molar-refractivity contribution in [2.24, 2.45) is 5.92 Å². The molecule has 2 rings (SSSR count). The van der Waals surface area contributed by atoms with Gasteiger partial charge in [0.05, 0.1) is 11.8 Å². The quantitative estimate of drug-likeness (QED) is 0.852. The van der Waals surface area contributed by atoms with E-state index in [2.05, 4.69) is 30.2 Å². The van der Waals surface area contributed by atoms with Crippen molar-refractivity contribution in [3.63, 3.8) is 0 Å². The van der Waals surface area contributed by atoms with Crippen LogP contribution in [-0.2, 0) is 6.54 Å². The molecule has 0 bridgehead atoms. The molecule has 1 aromatic heterocycles. The van der Waals surface area contributed by atoms with Gasteiger partial charge in [-0.25, -0.2) is 0 Å². The van der Waals surface area contributed by atoms with Gasteiger partial charge in [0, 0.05) is 12.2 Å². The third kappa shape index (κ3) is 4.50. The standard InChI is InChI=1S/C16H26N2O/c1-12(2)10-17-11-15-16(9-8-13(3)18-15)19-14-6-4-5-7-14/h8-9,12,14,17H,4-7,10-11H2,1-3H3.